The minimum absolute atomic E-state index is 0.173. The quantitative estimate of drug-likeness (QED) is 0.535. The van der Waals surface area contributed by atoms with Crippen molar-refractivity contribution in [3.8, 4) is 5.75 Å². The zero-order chi connectivity index (χ0) is 17.6. The number of ether oxygens (including phenoxy) is 1. The van der Waals surface area contributed by atoms with Crippen LogP contribution in [-0.4, -0.2) is 34.9 Å². The summed E-state index contributed by atoms with van der Waals surface area (Å²) in [5.74, 6) is -0.203. The molecule has 2 aromatic carbocycles. The number of imidazole rings is 1. The van der Waals surface area contributed by atoms with E-state index in [1.54, 1.807) is 42.5 Å². The monoisotopic (exact) mass is 340 g/mol. The molecule has 0 aliphatic carbocycles. The number of carbonyl (C=O) groups is 2. The number of fused-ring (bicyclic) bond motifs is 1. The summed E-state index contributed by atoms with van der Waals surface area (Å²) in [6, 6.07) is 13.9. The van der Waals surface area contributed by atoms with Crippen molar-refractivity contribution in [1.82, 2.24) is 15.3 Å². The number of hydrogen-bond acceptors (Lipinski definition) is 4. The number of amides is 2. The first-order valence-electron chi connectivity index (χ1n) is 7.56. The van der Waals surface area contributed by atoms with Crippen molar-refractivity contribution >= 4 is 28.5 Å². The van der Waals surface area contributed by atoms with E-state index < -0.39 is 5.91 Å². The van der Waals surface area contributed by atoms with Gasteiger partial charge in [0.1, 0.15) is 5.75 Å². The van der Waals surface area contributed by atoms with Gasteiger partial charge in [-0.15, -0.1) is 0 Å². The highest BCUT2D eigenvalue weighted by molar-refractivity contribution is 5.96. The number of nitrogens with one attached hydrogen (secondary N) is 4. The van der Waals surface area contributed by atoms with Gasteiger partial charge in [-0.2, -0.15) is 0 Å². The Morgan fingerprint density at radius 3 is 2.52 bits per heavy atom. The number of benzene rings is 2. The van der Waals surface area contributed by atoms with Crippen LogP contribution >= 0.6 is 0 Å². The van der Waals surface area contributed by atoms with Crippen LogP contribution in [0.1, 0.15) is 0 Å². The molecule has 0 saturated carbocycles. The van der Waals surface area contributed by atoms with Gasteiger partial charge in [0.15, 0.2) is 6.61 Å². The van der Waals surface area contributed by atoms with E-state index in [4.69, 9.17) is 4.74 Å². The Hall–Kier alpha value is -3.55. The predicted octanol–water partition coefficient (Wildman–Crippen LogP) is 0.990. The van der Waals surface area contributed by atoms with Gasteiger partial charge >= 0.3 is 5.69 Å². The Morgan fingerprint density at radius 2 is 1.72 bits per heavy atom. The number of hydrogen-bond donors (Lipinski definition) is 4. The highest BCUT2D eigenvalue weighted by Crippen LogP contribution is 2.14. The first-order chi connectivity index (χ1) is 12.1. The molecule has 0 aliphatic heterocycles. The summed E-state index contributed by atoms with van der Waals surface area (Å²) < 4.78 is 5.29. The van der Waals surface area contributed by atoms with Crippen LogP contribution in [0.2, 0.25) is 0 Å². The highest BCUT2D eigenvalue weighted by Gasteiger charge is 2.08. The molecule has 0 bridgehead atoms. The maximum Gasteiger partial charge on any atom is 0.323 e. The molecule has 0 atom stereocenters. The van der Waals surface area contributed by atoms with Crippen molar-refractivity contribution in [1.29, 1.82) is 0 Å². The van der Waals surface area contributed by atoms with Gasteiger partial charge in [0.25, 0.3) is 5.91 Å². The minimum atomic E-state index is -0.399. The summed E-state index contributed by atoms with van der Waals surface area (Å²) in [6.07, 6.45) is 0. The molecule has 0 radical (unpaired) electrons. The molecule has 128 valence electrons. The molecule has 0 aliphatic rings. The molecule has 3 rings (SSSR count). The summed E-state index contributed by atoms with van der Waals surface area (Å²) >= 11 is 0. The Kier molecular flexibility index (Phi) is 4.79. The number of H-pyrrole nitrogens is 2. The van der Waals surface area contributed by atoms with Gasteiger partial charge in [0, 0.05) is 5.69 Å². The standard InChI is InChI=1S/C17H16N4O4/c22-15(9-18-16(23)10-25-12-4-2-1-3-5-12)19-11-6-7-13-14(8-11)21-17(24)20-13/h1-8H,9-10H2,(H,18,23)(H,19,22)(H2,20,21,24). The van der Waals surface area contributed by atoms with Gasteiger partial charge in [-0.25, -0.2) is 4.79 Å². The third-order valence-electron chi connectivity index (χ3n) is 3.36. The van der Waals surface area contributed by atoms with E-state index in [2.05, 4.69) is 20.6 Å². The van der Waals surface area contributed by atoms with Crippen LogP contribution in [0.15, 0.2) is 53.3 Å². The number of rotatable bonds is 6. The Balaban J connectivity index is 1.46. The van der Waals surface area contributed by atoms with Crippen LogP contribution in [0.25, 0.3) is 11.0 Å². The molecule has 8 nitrogen and oxygen atoms in total. The third-order valence-corrected chi connectivity index (χ3v) is 3.36. The van der Waals surface area contributed by atoms with E-state index >= 15 is 0 Å². The van der Waals surface area contributed by atoms with E-state index in [1.807, 2.05) is 6.07 Å². The van der Waals surface area contributed by atoms with Gasteiger partial charge in [0.2, 0.25) is 5.91 Å². The molecule has 0 fully saturated rings. The smallest absolute Gasteiger partial charge is 0.323 e. The number of carbonyl (C=O) groups excluding carboxylic acids is 2. The minimum Gasteiger partial charge on any atom is -0.484 e. The lowest BCUT2D eigenvalue weighted by Gasteiger charge is -2.08. The molecule has 3 aromatic rings. The van der Waals surface area contributed by atoms with Crippen LogP contribution < -0.4 is 21.1 Å². The van der Waals surface area contributed by atoms with Crippen LogP contribution in [0.3, 0.4) is 0 Å². The van der Waals surface area contributed by atoms with E-state index in [0.717, 1.165) is 0 Å². The van der Waals surface area contributed by atoms with E-state index in [9.17, 15) is 14.4 Å². The summed E-state index contributed by atoms with van der Waals surface area (Å²) in [4.78, 5) is 40.0. The normalized spacial score (nSPS) is 10.4. The van der Waals surface area contributed by atoms with Crippen molar-refractivity contribution in [3.05, 3.63) is 59.0 Å². The van der Waals surface area contributed by atoms with Gasteiger partial charge in [-0.05, 0) is 30.3 Å². The Morgan fingerprint density at radius 1 is 0.960 bits per heavy atom. The van der Waals surface area contributed by atoms with Gasteiger partial charge in [-0.3, -0.25) is 9.59 Å². The van der Waals surface area contributed by atoms with Gasteiger partial charge < -0.3 is 25.3 Å². The zero-order valence-corrected chi connectivity index (χ0v) is 13.2. The fraction of sp³-hybridized carbons (Fsp3) is 0.118. The number of aromatic amines is 2. The summed E-state index contributed by atoms with van der Waals surface area (Å²) in [7, 11) is 0. The van der Waals surface area contributed by atoms with Crippen molar-refractivity contribution < 1.29 is 14.3 Å². The maximum atomic E-state index is 11.9. The lowest BCUT2D eigenvalue weighted by atomic mass is 10.2. The lowest BCUT2D eigenvalue weighted by molar-refractivity contribution is -0.125. The topological polar surface area (TPSA) is 116 Å². The second-order valence-electron chi connectivity index (χ2n) is 5.27. The SMILES string of the molecule is O=C(COc1ccccc1)NCC(=O)Nc1ccc2[nH]c(=O)[nH]c2c1. The molecule has 0 saturated heterocycles. The molecule has 0 unspecified atom stereocenters. The van der Waals surface area contributed by atoms with Crippen LogP contribution in [0.5, 0.6) is 5.75 Å². The molecule has 4 N–H and O–H groups in total. The molecule has 2 amide bonds. The second-order valence-corrected chi connectivity index (χ2v) is 5.27. The molecule has 25 heavy (non-hydrogen) atoms. The Labute approximate surface area is 142 Å². The molecule has 8 heteroatoms. The van der Waals surface area contributed by atoms with Crippen molar-refractivity contribution in [2.45, 2.75) is 0 Å². The number of aromatic nitrogens is 2. The summed E-state index contributed by atoms with van der Waals surface area (Å²) in [5, 5.41) is 5.12. The first-order valence-corrected chi connectivity index (χ1v) is 7.56. The molecular formula is C17H16N4O4. The second kappa shape index (κ2) is 7.35. The predicted molar refractivity (Wildman–Crippen MR) is 92.5 cm³/mol. The Bertz CT molecular complexity index is 946. The fourth-order valence-electron chi connectivity index (χ4n) is 2.21. The van der Waals surface area contributed by atoms with Crippen molar-refractivity contribution in [2.75, 3.05) is 18.5 Å². The van der Waals surface area contributed by atoms with Crippen LogP contribution in [0, 0.1) is 0 Å². The average molecular weight is 340 g/mol. The van der Waals surface area contributed by atoms with Crippen LogP contribution in [0.4, 0.5) is 5.69 Å². The highest BCUT2D eigenvalue weighted by atomic mass is 16.5. The molecule has 1 heterocycles. The zero-order valence-electron chi connectivity index (χ0n) is 13.2. The number of para-hydroxylation sites is 1. The van der Waals surface area contributed by atoms with Crippen molar-refractivity contribution in [2.24, 2.45) is 0 Å². The largest absolute Gasteiger partial charge is 0.484 e. The first kappa shape index (κ1) is 16.3. The van der Waals surface area contributed by atoms with Crippen molar-refractivity contribution in [3.63, 3.8) is 0 Å². The van der Waals surface area contributed by atoms with Gasteiger partial charge in [0.05, 0.1) is 17.6 Å². The molecule has 1 aromatic heterocycles. The lowest BCUT2D eigenvalue weighted by Crippen LogP contribution is -2.35. The van der Waals surface area contributed by atoms with Gasteiger partial charge in [-0.1, -0.05) is 18.2 Å². The van der Waals surface area contributed by atoms with E-state index in [0.29, 0.717) is 22.5 Å². The third kappa shape index (κ3) is 4.47. The average Bonchev–Trinajstić information content (AvgIpc) is 2.98. The summed E-state index contributed by atoms with van der Waals surface area (Å²) in [6.45, 7) is -0.355. The fourth-order valence-corrected chi connectivity index (χ4v) is 2.21. The van der Waals surface area contributed by atoms with E-state index in [-0.39, 0.29) is 24.7 Å². The number of anilines is 1. The summed E-state index contributed by atoms with van der Waals surface area (Å²) in [5.41, 5.74) is 1.43. The maximum absolute atomic E-state index is 11.9. The van der Waals surface area contributed by atoms with E-state index in [1.165, 1.54) is 0 Å². The molecule has 0 spiro atoms. The molecular weight excluding hydrogens is 324 g/mol. The van der Waals surface area contributed by atoms with Crippen LogP contribution in [-0.2, 0) is 9.59 Å².